The molecule has 0 bridgehead atoms. The van der Waals surface area contributed by atoms with Gasteiger partial charge in [0.25, 0.3) is 0 Å². The lowest BCUT2D eigenvalue weighted by atomic mass is 9.99. The van der Waals surface area contributed by atoms with Crippen LogP contribution in [0.1, 0.15) is 52.9 Å². The first-order chi connectivity index (χ1) is 14.9. The highest BCUT2D eigenvalue weighted by atomic mass is 35.5. The van der Waals surface area contributed by atoms with E-state index in [4.69, 9.17) is 21.1 Å². The van der Waals surface area contributed by atoms with Crippen molar-refractivity contribution in [3.63, 3.8) is 0 Å². The number of ketones is 1. The van der Waals surface area contributed by atoms with Crippen molar-refractivity contribution in [2.75, 3.05) is 13.7 Å². The van der Waals surface area contributed by atoms with Crippen LogP contribution in [0, 0.1) is 0 Å². The zero-order chi connectivity index (χ0) is 22.5. The van der Waals surface area contributed by atoms with Crippen LogP contribution in [-0.2, 0) is 0 Å². The summed E-state index contributed by atoms with van der Waals surface area (Å²) in [6, 6.07) is 13.8. The molecule has 0 spiro atoms. The van der Waals surface area contributed by atoms with Crippen molar-refractivity contribution in [2.45, 2.75) is 20.8 Å². The third kappa shape index (κ3) is 4.57. The van der Waals surface area contributed by atoms with Crippen molar-refractivity contribution >= 4 is 29.7 Å². The van der Waals surface area contributed by atoms with Gasteiger partial charge < -0.3 is 14.0 Å². The van der Waals surface area contributed by atoms with Crippen LogP contribution in [0.15, 0.2) is 54.1 Å². The molecule has 0 amide bonds. The number of nitrogens with zero attached hydrogens (tertiary/aromatic N) is 1. The first-order valence-corrected chi connectivity index (χ1v) is 10.2. The molecule has 1 heterocycles. The summed E-state index contributed by atoms with van der Waals surface area (Å²) in [6.45, 7) is 6.15. The molecule has 0 radical (unpaired) electrons. The molecule has 6 heteroatoms. The minimum atomic E-state index is -0.284. The lowest BCUT2D eigenvalue weighted by Crippen LogP contribution is -2.12. The summed E-state index contributed by atoms with van der Waals surface area (Å²) in [4.78, 5) is 25.5. The molecule has 0 aliphatic rings. The van der Waals surface area contributed by atoms with E-state index in [1.165, 1.54) is 7.11 Å². The van der Waals surface area contributed by atoms with Crippen molar-refractivity contribution in [1.82, 2.24) is 4.57 Å². The number of allylic oxidation sites excluding steroid dienone is 1. The summed E-state index contributed by atoms with van der Waals surface area (Å²) in [5, 5.41) is 0.413. The average Bonchev–Trinajstić information content (AvgIpc) is 3.15. The number of methoxy groups -OCH3 is 1. The first-order valence-electron chi connectivity index (χ1n) is 9.87. The molecule has 1 aromatic heterocycles. The Morgan fingerprint density at radius 1 is 1.06 bits per heavy atom. The molecule has 0 saturated heterocycles. The van der Waals surface area contributed by atoms with Gasteiger partial charge in [-0.1, -0.05) is 23.2 Å². The summed E-state index contributed by atoms with van der Waals surface area (Å²) in [5.41, 5.74) is 3.54. The van der Waals surface area contributed by atoms with Gasteiger partial charge in [0, 0.05) is 16.3 Å². The third-order valence-electron chi connectivity index (χ3n) is 4.67. The van der Waals surface area contributed by atoms with Crippen molar-refractivity contribution in [2.24, 2.45) is 0 Å². The molecule has 0 saturated carbocycles. The Morgan fingerprint density at radius 2 is 1.81 bits per heavy atom. The molecule has 0 fully saturated rings. The molecule has 3 rings (SSSR count). The predicted octanol–water partition coefficient (Wildman–Crippen LogP) is 6.00. The van der Waals surface area contributed by atoms with Gasteiger partial charge in [-0.25, -0.2) is 0 Å². The molecule has 0 aliphatic heterocycles. The number of halogens is 1. The monoisotopic (exact) mass is 437 g/mol. The fourth-order valence-electron chi connectivity index (χ4n) is 3.43. The van der Waals surface area contributed by atoms with Gasteiger partial charge in [-0.3, -0.25) is 9.59 Å². The molecule has 0 aliphatic carbocycles. The van der Waals surface area contributed by atoms with Gasteiger partial charge in [-0.05, 0) is 69.3 Å². The van der Waals surface area contributed by atoms with Crippen LogP contribution in [0.4, 0.5) is 0 Å². The highest BCUT2D eigenvalue weighted by molar-refractivity contribution is 6.31. The van der Waals surface area contributed by atoms with E-state index in [-0.39, 0.29) is 5.78 Å². The van der Waals surface area contributed by atoms with E-state index < -0.39 is 0 Å². The Bertz CT molecular complexity index is 1160. The molecule has 5 nitrogen and oxygen atoms in total. The number of aromatic nitrogens is 1. The number of carbonyl (C=O) groups excluding carboxylic acids is 2. The van der Waals surface area contributed by atoms with Gasteiger partial charge in [-0.15, -0.1) is 0 Å². The number of hydrogen-bond donors (Lipinski definition) is 0. The van der Waals surface area contributed by atoms with Gasteiger partial charge in [-0.2, -0.15) is 0 Å². The summed E-state index contributed by atoms with van der Waals surface area (Å²) in [6.07, 6.45) is 2.72. The number of carbonyl (C=O) groups is 2. The summed E-state index contributed by atoms with van der Waals surface area (Å²) >= 11 is 6.27. The zero-order valence-electron chi connectivity index (χ0n) is 17.9. The van der Waals surface area contributed by atoms with E-state index in [1.54, 1.807) is 47.0 Å². The average molecular weight is 438 g/mol. The van der Waals surface area contributed by atoms with E-state index in [1.807, 2.05) is 32.9 Å². The first kappa shape index (κ1) is 22.4. The maximum absolute atomic E-state index is 13.7. The van der Waals surface area contributed by atoms with Crippen molar-refractivity contribution in [3.05, 3.63) is 81.6 Å². The normalized spacial score (nSPS) is 10.5. The molecule has 0 unspecified atom stereocenters. The Hall–Kier alpha value is -3.31. The van der Waals surface area contributed by atoms with E-state index in [2.05, 4.69) is 0 Å². The quantitative estimate of drug-likeness (QED) is 0.320. The minimum absolute atomic E-state index is 0.284. The van der Waals surface area contributed by atoms with Gasteiger partial charge in [0.1, 0.15) is 0 Å². The molecular formula is C25H24ClNO4. The second-order valence-corrected chi connectivity index (χ2v) is 7.56. The standard InChI is InChI=1S/C25H24ClNO4/c1-5-31-25-20(7-6-8-23(25)30-4)24(29)21-14-17(26)9-12-22(21)27-18(13-16(2)3)10-11-19(27)15-28/h6-15H,5H2,1-4H3. The van der Waals surface area contributed by atoms with Crippen LogP contribution >= 0.6 is 11.6 Å². The highest BCUT2D eigenvalue weighted by Gasteiger charge is 2.23. The lowest BCUT2D eigenvalue weighted by molar-refractivity contribution is 0.103. The van der Waals surface area contributed by atoms with E-state index in [0.717, 1.165) is 17.6 Å². The Labute approximate surface area is 186 Å². The minimum Gasteiger partial charge on any atom is -0.493 e. The molecule has 31 heavy (non-hydrogen) atoms. The number of rotatable bonds is 8. The predicted molar refractivity (Wildman–Crippen MR) is 123 cm³/mol. The van der Waals surface area contributed by atoms with Crippen LogP contribution in [0.25, 0.3) is 11.8 Å². The third-order valence-corrected chi connectivity index (χ3v) is 4.91. The SMILES string of the molecule is CCOc1c(OC)cccc1C(=O)c1cc(Cl)ccc1-n1c(C=O)ccc1C=C(C)C. The number of ether oxygens (including phenoxy) is 2. The smallest absolute Gasteiger partial charge is 0.199 e. The Kier molecular flexibility index (Phi) is 6.98. The Morgan fingerprint density at radius 3 is 2.45 bits per heavy atom. The fraction of sp³-hybridized carbons (Fsp3) is 0.200. The van der Waals surface area contributed by atoms with Crippen molar-refractivity contribution in [1.29, 1.82) is 0 Å². The zero-order valence-corrected chi connectivity index (χ0v) is 18.7. The topological polar surface area (TPSA) is 57.5 Å². The summed E-state index contributed by atoms with van der Waals surface area (Å²) in [5.74, 6) is 0.556. The molecular weight excluding hydrogens is 414 g/mol. The van der Waals surface area contributed by atoms with Crippen molar-refractivity contribution in [3.8, 4) is 17.2 Å². The van der Waals surface area contributed by atoms with Crippen LogP contribution in [0.2, 0.25) is 5.02 Å². The largest absolute Gasteiger partial charge is 0.493 e. The van der Waals surface area contributed by atoms with Gasteiger partial charge in [0.05, 0.1) is 30.7 Å². The maximum Gasteiger partial charge on any atom is 0.199 e. The van der Waals surface area contributed by atoms with Gasteiger partial charge >= 0.3 is 0 Å². The summed E-state index contributed by atoms with van der Waals surface area (Å²) in [7, 11) is 1.53. The van der Waals surface area contributed by atoms with E-state index in [0.29, 0.717) is 45.6 Å². The molecule has 0 atom stereocenters. The fourth-order valence-corrected chi connectivity index (χ4v) is 3.60. The second kappa shape index (κ2) is 9.67. The van der Waals surface area contributed by atoms with E-state index >= 15 is 0 Å². The molecule has 3 aromatic rings. The van der Waals surface area contributed by atoms with Crippen LogP contribution in [0.3, 0.4) is 0 Å². The number of hydrogen-bond acceptors (Lipinski definition) is 4. The molecule has 2 aromatic carbocycles. The van der Waals surface area contributed by atoms with Gasteiger partial charge in [0.15, 0.2) is 23.6 Å². The summed E-state index contributed by atoms with van der Waals surface area (Å²) < 4.78 is 12.9. The number of benzene rings is 2. The van der Waals surface area contributed by atoms with Crippen LogP contribution in [0.5, 0.6) is 11.5 Å². The molecule has 160 valence electrons. The highest BCUT2D eigenvalue weighted by Crippen LogP contribution is 2.35. The second-order valence-electron chi connectivity index (χ2n) is 7.12. The number of aldehydes is 1. The van der Waals surface area contributed by atoms with Gasteiger partial charge in [0.2, 0.25) is 0 Å². The maximum atomic E-state index is 13.7. The van der Waals surface area contributed by atoms with E-state index in [9.17, 15) is 9.59 Å². The van der Waals surface area contributed by atoms with Crippen LogP contribution < -0.4 is 9.47 Å². The Balaban J connectivity index is 2.27. The van der Waals surface area contributed by atoms with Crippen molar-refractivity contribution < 1.29 is 19.1 Å². The number of para-hydroxylation sites is 1. The van der Waals surface area contributed by atoms with Crippen LogP contribution in [-0.4, -0.2) is 30.4 Å². The lowest BCUT2D eigenvalue weighted by Gasteiger charge is -2.17. The molecule has 0 N–H and O–H groups in total.